The number of benzene rings is 2. The first-order chi connectivity index (χ1) is 11.3. The second-order valence-corrected chi connectivity index (χ2v) is 5.36. The molecule has 5 nitrogen and oxygen atoms in total. The Bertz CT molecular complexity index is 1000. The van der Waals surface area contributed by atoms with Crippen molar-refractivity contribution in [2.45, 2.75) is 6.54 Å². The van der Waals surface area contributed by atoms with Gasteiger partial charge in [-0.05, 0) is 5.56 Å². The molecule has 0 amide bonds. The van der Waals surface area contributed by atoms with Crippen molar-refractivity contribution in [1.29, 1.82) is 5.41 Å². The molecular weight excluding hydrogens is 286 g/mol. The van der Waals surface area contributed by atoms with Gasteiger partial charge in [0.25, 0.3) is 0 Å². The summed E-state index contributed by atoms with van der Waals surface area (Å²) in [5.74, 6) is 0.754. The van der Waals surface area contributed by atoms with Crippen LogP contribution in [0.2, 0.25) is 0 Å². The van der Waals surface area contributed by atoms with Crippen LogP contribution in [-0.4, -0.2) is 19.5 Å². The van der Waals surface area contributed by atoms with Crippen LogP contribution in [0.25, 0.3) is 22.6 Å². The minimum atomic E-state index is 0.207. The first-order valence-electron chi connectivity index (χ1n) is 7.40. The molecule has 0 fully saturated rings. The van der Waals surface area contributed by atoms with E-state index in [9.17, 15) is 0 Å². The molecule has 0 saturated heterocycles. The fourth-order valence-electron chi connectivity index (χ4n) is 2.61. The summed E-state index contributed by atoms with van der Waals surface area (Å²) in [6, 6.07) is 20.1. The number of rotatable bonds is 3. The number of H-pyrrole nitrogens is 1. The summed E-state index contributed by atoms with van der Waals surface area (Å²) in [5.41, 5.74) is 3.77. The summed E-state index contributed by atoms with van der Waals surface area (Å²) in [6.45, 7) is 0.670. The molecule has 0 unspecified atom stereocenters. The Morgan fingerprint density at radius 3 is 2.39 bits per heavy atom. The van der Waals surface area contributed by atoms with Crippen LogP contribution in [-0.2, 0) is 6.54 Å². The van der Waals surface area contributed by atoms with Crippen LogP contribution in [0, 0.1) is 5.41 Å². The van der Waals surface area contributed by atoms with Crippen molar-refractivity contribution >= 4 is 11.2 Å². The quantitative estimate of drug-likeness (QED) is 0.611. The lowest BCUT2D eigenvalue weighted by Crippen LogP contribution is -2.13. The van der Waals surface area contributed by atoms with Crippen molar-refractivity contribution in [2.75, 3.05) is 0 Å². The summed E-state index contributed by atoms with van der Waals surface area (Å²) in [6.07, 6.45) is 1.67. The Morgan fingerprint density at radius 2 is 1.65 bits per heavy atom. The number of fused-ring (bicyclic) bond motifs is 1. The van der Waals surface area contributed by atoms with Crippen molar-refractivity contribution in [2.24, 2.45) is 0 Å². The van der Waals surface area contributed by atoms with Crippen molar-refractivity contribution in [1.82, 2.24) is 19.5 Å². The standard InChI is InChI=1S/C18H15N5/c19-16-15-18(22-17(21-15)14-9-5-2-6-10-14)23(12-20-16)11-13-7-3-1-4-8-13/h1-10,12,19H,11H2,(H,21,22). The maximum atomic E-state index is 8.02. The molecule has 4 aromatic rings. The first-order valence-corrected chi connectivity index (χ1v) is 7.40. The average molecular weight is 301 g/mol. The summed E-state index contributed by atoms with van der Waals surface area (Å²) in [4.78, 5) is 12.1. The van der Waals surface area contributed by atoms with E-state index in [-0.39, 0.29) is 5.49 Å². The first kappa shape index (κ1) is 13.5. The zero-order valence-electron chi connectivity index (χ0n) is 12.4. The Kier molecular flexibility index (Phi) is 3.24. The van der Waals surface area contributed by atoms with E-state index >= 15 is 0 Å². The van der Waals surface area contributed by atoms with E-state index in [1.807, 2.05) is 53.1 Å². The summed E-state index contributed by atoms with van der Waals surface area (Å²) in [7, 11) is 0. The highest BCUT2D eigenvalue weighted by molar-refractivity contribution is 5.75. The zero-order valence-corrected chi connectivity index (χ0v) is 12.4. The smallest absolute Gasteiger partial charge is 0.173 e. The number of aromatic nitrogens is 4. The average Bonchev–Trinajstić information content (AvgIpc) is 3.06. The predicted octanol–water partition coefficient (Wildman–Crippen LogP) is 2.95. The minimum absolute atomic E-state index is 0.207. The van der Waals surface area contributed by atoms with Gasteiger partial charge in [-0.3, -0.25) is 5.41 Å². The third kappa shape index (κ3) is 2.53. The maximum absolute atomic E-state index is 8.02. The molecule has 23 heavy (non-hydrogen) atoms. The van der Waals surface area contributed by atoms with Crippen LogP contribution in [0.4, 0.5) is 0 Å². The number of imidazole rings is 1. The molecule has 4 rings (SSSR count). The monoisotopic (exact) mass is 301 g/mol. The second-order valence-electron chi connectivity index (χ2n) is 5.36. The van der Waals surface area contributed by atoms with Gasteiger partial charge in [0.05, 0.1) is 12.9 Å². The highest BCUT2D eigenvalue weighted by atomic mass is 15.1. The lowest BCUT2D eigenvalue weighted by molar-refractivity contribution is 0.784. The largest absolute Gasteiger partial charge is 0.334 e. The summed E-state index contributed by atoms with van der Waals surface area (Å²) in [5, 5.41) is 8.02. The third-order valence-electron chi connectivity index (χ3n) is 3.76. The number of hydrogen-bond donors (Lipinski definition) is 2. The molecule has 0 atom stereocenters. The fourth-order valence-corrected chi connectivity index (χ4v) is 2.61. The molecule has 2 aromatic carbocycles. The molecule has 0 bridgehead atoms. The third-order valence-corrected chi connectivity index (χ3v) is 3.76. The Labute approximate surface area is 132 Å². The van der Waals surface area contributed by atoms with E-state index in [1.165, 1.54) is 5.56 Å². The molecule has 0 radical (unpaired) electrons. The lowest BCUT2D eigenvalue weighted by Gasteiger charge is -2.06. The molecule has 0 aliphatic heterocycles. The molecule has 2 N–H and O–H groups in total. The summed E-state index contributed by atoms with van der Waals surface area (Å²) >= 11 is 0. The topological polar surface area (TPSA) is 70.3 Å². The molecule has 0 saturated carbocycles. The Balaban J connectivity index is 1.85. The second kappa shape index (κ2) is 5.53. The van der Waals surface area contributed by atoms with Gasteiger partial charge in [0.2, 0.25) is 0 Å². The maximum Gasteiger partial charge on any atom is 0.173 e. The van der Waals surface area contributed by atoms with Crippen LogP contribution in [0.1, 0.15) is 5.56 Å². The zero-order chi connectivity index (χ0) is 15.6. The molecular formula is C18H15N5. The summed E-state index contributed by atoms with van der Waals surface area (Å²) < 4.78 is 1.96. The van der Waals surface area contributed by atoms with Gasteiger partial charge in [-0.2, -0.15) is 0 Å². The number of nitrogens with zero attached hydrogens (tertiary/aromatic N) is 3. The van der Waals surface area contributed by atoms with E-state index < -0.39 is 0 Å². The van der Waals surface area contributed by atoms with E-state index in [1.54, 1.807) is 6.33 Å². The normalized spacial score (nSPS) is 11.0. The Morgan fingerprint density at radius 1 is 0.957 bits per heavy atom. The van der Waals surface area contributed by atoms with Gasteiger partial charge in [0, 0.05) is 5.56 Å². The van der Waals surface area contributed by atoms with Crippen molar-refractivity contribution < 1.29 is 0 Å². The number of nitrogens with one attached hydrogen (secondary N) is 2. The van der Waals surface area contributed by atoms with E-state index in [0.29, 0.717) is 12.1 Å². The SMILES string of the molecule is N=c1ncn(Cc2ccccc2)c2nc(-c3ccccc3)[nH]c12. The van der Waals surface area contributed by atoms with Gasteiger partial charge in [-0.1, -0.05) is 60.7 Å². The molecule has 2 aromatic heterocycles. The van der Waals surface area contributed by atoms with Crippen molar-refractivity contribution in [3.63, 3.8) is 0 Å². The van der Waals surface area contributed by atoms with Crippen LogP contribution >= 0.6 is 0 Å². The highest BCUT2D eigenvalue weighted by Gasteiger charge is 2.10. The van der Waals surface area contributed by atoms with Crippen LogP contribution in [0.5, 0.6) is 0 Å². The fraction of sp³-hybridized carbons (Fsp3) is 0.0556. The molecule has 5 heteroatoms. The highest BCUT2D eigenvalue weighted by Crippen LogP contribution is 2.18. The van der Waals surface area contributed by atoms with Crippen LogP contribution in [0.15, 0.2) is 67.0 Å². The number of aromatic amines is 1. The van der Waals surface area contributed by atoms with E-state index in [2.05, 4.69) is 27.1 Å². The molecule has 0 aliphatic rings. The van der Waals surface area contributed by atoms with Gasteiger partial charge in [-0.25, -0.2) is 9.97 Å². The molecule has 0 spiro atoms. The van der Waals surface area contributed by atoms with Crippen molar-refractivity contribution in [3.05, 3.63) is 78.0 Å². The van der Waals surface area contributed by atoms with Gasteiger partial charge in [-0.15, -0.1) is 0 Å². The predicted molar refractivity (Wildman–Crippen MR) is 88.7 cm³/mol. The van der Waals surface area contributed by atoms with Crippen molar-refractivity contribution in [3.8, 4) is 11.4 Å². The minimum Gasteiger partial charge on any atom is -0.334 e. The van der Waals surface area contributed by atoms with Crippen LogP contribution < -0.4 is 5.49 Å². The van der Waals surface area contributed by atoms with E-state index in [0.717, 1.165) is 17.0 Å². The molecule has 112 valence electrons. The van der Waals surface area contributed by atoms with E-state index in [4.69, 9.17) is 5.41 Å². The van der Waals surface area contributed by atoms with Gasteiger partial charge >= 0.3 is 0 Å². The molecule has 0 aliphatic carbocycles. The van der Waals surface area contributed by atoms with Gasteiger partial charge in [0.1, 0.15) is 11.3 Å². The van der Waals surface area contributed by atoms with Crippen LogP contribution in [0.3, 0.4) is 0 Å². The van der Waals surface area contributed by atoms with Gasteiger partial charge in [0.15, 0.2) is 11.1 Å². The molecule has 2 heterocycles. The number of hydrogen-bond acceptors (Lipinski definition) is 3. The van der Waals surface area contributed by atoms with Gasteiger partial charge < -0.3 is 9.55 Å². The lowest BCUT2D eigenvalue weighted by atomic mass is 10.2. The Hall–Kier alpha value is -3.21.